The summed E-state index contributed by atoms with van der Waals surface area (Å²) >= 11 is 0. The summed E-state index contributed by atoms with van der Waals surface area (Å²) in [4.78, 5) is 12.3. The molecule has 8 atom stereocenters. The molecule has 1 unspecified atom stereocenters. The van der Waals surface area contributed by atoms with E-state index in [2.05, 4.69) is 13.8 Å². The third-order valence-corrected chi connectivity index (χ3v) is 9.72. The Kier molecular flexibility index (Phi) is 4.59. The smallest absolute Gasteiger partial charge is 0.133 e. The number of hydrogen-bond donors (Lipinski definition) is 1. The fourth-order valence-electron chi connectivity index (χ4n) is 8.39. The quantitative estimate of drug-likeness (QED) is 0.797. The highest BCUT2D eigenvalue weighted by atomic mass is 16.5. The number of ketones is 1. The highest BCUT2D eigenvalue weighted by Gasteiger charge is 2.61. The Morgan fingerprint density at radius 1 is 1.00 bits per heavy atom. The van der Waals surface area contributed by atoms with Gasteiger partial charge in [-0.05, 0) is 99.2 Å². The van der Waals surface area contributed by atoms with Crippen LogP contribution in [-0.2, 0) is 9.53 Å². The highest BCUT2D eigenvalue weighted by Crippen LogP contribution is 2.68. The second-order valence-electron chi connectivity index (χ2n) is 10.8. The molecular formula is C23H38O3. The molecule has 0 heterocycles. The van der Waals surface area contributed by atoms with Crippen LogP contribution in [0.3, 0.4) is 0 Å². The number of Topliss-reactive ketones (excluding diaryl/α,β-unsaturated/α-hetero) is 1. The Labute approximate surface area is 159 Å². The Bertz CT molecular complexity index is 574. The number of aliphatic hydroxyl groups is 1. The molecule has 0 aliphatic heterocycles. The van der Waals surface area contributed by atoms with E-state index in [9.17, 15) is 9.90 Å². The third kappa shape index (κ3) is 2.64. The van der Waals surface area contributed by atoms with Gasteiger partial charge in [0.2, 0.25) is 0 Å². The van der Waals surface area contributed by atoms with Crippen molar-refractivity contribution in [2.45, 2.75) is 84.2 Å². The van der Waals surface area contributed by atoms with Gasteiger partial charge in [-0.2, -0.15) is 0 Å². The van der Waals surface area contributed by atoms with Crippen LogP contribution in [0.4, 0.5) is 0 Å². The second-order valence-corrected chi connectivity index (χ2v) is 10.8. The maximum Gasteiger partial charge on any atom is 0.133 e. The van der Waals surface area contributed by atoms with Gasteiger partial charge in [0.1, 0.15) is 5.78 Å². The number of fused-ring (bicyclic) bond motifs is 5. The Balaban J connectivity index is 1.56. The minimum atomic E-state index is -0.609. The third-order valence-electron chi connectivity index (χ3n) is 9.72. The highest BCUT2D eigenvalue weighted by molar-refractivity contribution is 5.79. The first kappa shape index (κ1) is 18.9. The van der Waals surface area contributed by atoms with Crippen LogP contribution in [0.5, 0.6) is 0 Å². The lowest BCUT2D eigenvalue weighted by Crippen LogP contribution is -2.56. The second kappa shape index (κ2) is 6.30. The molecule has 0 bridgehead atoms. The summed E-state index contributed by atoms with van der Waals surface area (Å²) in [6, 6.07) is 0. The molecule has 1 N–H and O–H groups in total. The fraction of sp³-hybridized carbons (Fsp3) is 0.957. The minimum Gasteiger partial charge on any atom is -0.387 e. The van der Waals surface area contributed by atoms with Crippen LogP contribution in [0.2, 0.25) is 0 Å². The van der Waals surface area contributed by atoms with E-state index < -0.39 is 5.60 Å². The summed E-state index contributed by atoms with van der Waals surface area (Å²) in [5.74, 6) is 3.69. The van der Waals surface area contributed by atoms with E-state index in [1.54, 1.807) is 7.11 Å². The van der Waals surface area contributed by atoms with Crippen LogP contribution in [-0.4, -0.2) is 30.2 Å². The van der Waals surface area contributed by atoms with Gasteiger partial charge in [-0.25, -0.2) is 0 Å². The first-order chi connectivity index (χ1) is 12.2. The minimum absolute atomic E-state index is 0.252. The van der Waals surface area contributed by atoms with Crippen LogP contribution < -0.4 is 0 Å². The Morgan fingerprint density at radius 3 is 2.42 bits per heavy atom. The van der Waals surface area contributed by atoms with E-state index in [0.717, 1.165) is 43.4 Å². The molecule has 4 rings (SSSR count). The zero-order valence-electron chi connectivity index (χ0n) is 17.2. The molecular weight excluding hydrogens is 324 g/mol. The lowest BCUT2D eigenvalue weighted by molar-refractivity contribution is -0.163. The molecule has 3 heteroatoms. The Hall–Kier alpha value is -0.410. The number of carbonyl (C=O) groups is 1. The molecule has 0 radical (unpaired) electrons. The van der Waals surface area contributed by atoms with Crippen molar-refractivity contribution in [3.63, 3.8) is 0 Å². The monoisotopic (exact) mass is 362 g/mol. The van der Waals surface area contributed by atoms with Crippen LogP contribution in [0, 0.1) is 40.4 Å². The zero-order chi connectivity index (χ0) is 18.7. The summed E-state index contributed by atoms with van der Waals surface area (Å²) in [5.41, 5.74) is 0.0161. The standard InChI is InChI=1S/C23H38O3/c1-15(24)18-7-8-19-17-6-5-16-13-23(25,14-26-4)12-11-21(16,2)20(17)9-10-22(18,19)3/h16-20,25H,5-14H2,1-4H3/t16-,17?,18+,19-,20-,21-,22+,23+/m0/s1. The van der Waals surface area contributed by atoms with Gasteiger partial charge in [0.15, 0.2) is 0 Å². The van der Waals surface area contributed by atoms with Crippen molar-refractivity contribution in [3.8, 4) is 0 Å². The first-order valence-corrected chi connectivity index (χ1v) is 11.0. The molecule has 0 aromatic carbocycles. The van der Waals surface area contributed by atoms with Crippen LogP contribution in [0.1, 0.15) is 78.6 Å². The van der Waals surface area contributed by atoms with Crippen molar-refractivity contribution < 1.29 is 14.6 Å². The van der Waals surface area contributed by atoms with Gasteiger partial charge in [-0.15, -0.1) is 0 Å². The van der Waals surface area contributed by atoms with Crippen LogP contribution in [0.25, 0.3) is 0 Å². The number of hydrogen-bond acceptors (Lipinski definition) is 3. The van der Waals surface area contributed by atoms with Crippen molar-refractivity contribution in [2.24, 2.45) is 40.4 Å². The van der Waals surface area contributed by atoms with E-state index in [4.69, 9.17) is 4.74 Å². The van der Waals surface area contributed by atoms with Crippen molar-refractivity contribution in [1.29, 1.82) is 0 Å². The number of methoxy groups -OCH3 is 1. The van der Waals surface area contributed by atoms with Crippen LogP contribution in [0.15, 0.2) is 0 Å². The summed E-state index contributed by atoms with van der Waals surface area (Å²) < 4.78 is 5.33. The molecule has 26 heavy (non-hydrogen) atoms. The van der Waals surface area contributed by atoms with Gasteiger partial charge in [0, 0.05) is 13.0 Å². The first-order valence-electron chi connectivity index (χ1n) is 11.0. The summed E-state index contributed by atoms with van der Waals surface area (Å²) in [6.07, 6.45) is 10.4. The van der Waals surface area contributed by atoms with Crippen LogP contribution >= 0.6 is 0 Å². The molecule has 4 aliphatic carbocycles. The summed E-state index contributed by atoms with van der Waals surface area (Å²) in [5, 5.41) is 10.9. The molecule has 4 aliphatic rings. The maximum absolute atomic E-state index is 12.3. The SMILES string of the molecule is COC[C@@]1(O)CC[C@@]2(C)[C@@H](CCC3[C@@H]2CC[C@]2(C)[C@@H](C(C)=O)CC[C@@H]32)C1. The van der Waals surface area contributed by atoms with E-state index >= 15 is 0 Å². The average Bonchev–Trinajstić information content (AvgIpc) is 2.93. The van der Waals surface area contributed by atoms with Crippen molar-refractivity contribution in [1.82, 2.24) is 0 Å². The molecule has 148 valence electrons. The zero-order valence-corrected chi connectivity index (χ0v) is 17.2. The van der Waals surface area contributed by atoms with E-state index in [0.29, 0.717) is 29.6 Å². The normalized spacial score (nSPS) is 53.5. The molecule has 0 spiro atoms. The number of rotatable bonds is 3. The topological polar surface area (TPSA) is 46.5 Å². The van der Waals surface area contributed by atoms with Gasteiger partial charge >= 0.3 is 0 Å². The fourth-order valence-corrected chi connectivity index (χ4v) is 8.39. The lowest BCUT2D eigenvalue weighted by atomic mass is 9.44. The van der Waals surface area contributed by atoms with Gasteiger partial charge < -0.3 is 9.84 Å². The molecule has 0 aromatic rings. The largest absolute Gasteiger partial charge is 0.387 e. The lowest BCUT2D eigenvalue weighted by Gasteiger charge is -2.62. The molecule has 4 saturated carbocycles. The summed E-state index contributed by atoms with van der Waals surface area (Å²) in [7, 11) is 1.70. The van der Waals surface area contributed by atoms with Gasteiger partial charge in [0.05, 0.1) is 12.2 Å². The van der Waals surface area contributed by atoms with E-state index in [1.165, 1.54) is 32.1 Å². The van der Waals surface area contributed by atoms with Gasteiger partial charge in [-0.3, -0.25) is 4.79 Å². The van der Waals surface area contributed by atoms with E-state index in [-0.39, 0.29) is 5.41 Å². The predicted octanol–water partition coefficient (Wildman–Crippen LogP) is 4.61. The molecule has 0 amide bonds. The van der Waals surface area contributed by atoms with Crippen molar-refractivity contribution in [2.75, 3.05) is 13.7 Å². The molecule has 3 nitrogen and oxygen atoms in total. The average molecular weight is 363 g/mol. The van der Waals surface area contributed by atoms with E-state index in [1.807, 2.05) is 6.92 Å². The molecule has 4 fully saturated rings. The number of ether oxygens (including phenoxy) is 1. The van der Waals surface area contributed by atoms with Gasteiger partial charge in [-0.1, -0.05) is 13.8 Å². The van der Waals surface area contributed by atoms with Crippen molar-refractivity contribution >= 4 is 5.78 Å². The molecule has 0 saturated heterocycles. The maximum atomic E-state index is 12.3. The summed E-state index contributed by atoms with van der Waals surface area (Å²) in [6.45, 7) is 7.26. The van der Waals surface area contributed by atoms with Crippen molar-refractivity contribution in [3.05, 3.63) is 0 Å². The van der Waals surface area contributed by atoms with Gasteiger partial charge in [0.25, 0.3) is 0 Å². The number of carbonyl (C=O) groups excluding carboxylic acids is 1. The predicted molar refractivity (Wildman–Crippen MR) is 103 cm³/mol. The molecule has 0 aromatic heterocycles. The Morgan fingerprint density at radius 2 is 1.73 bits per heavy atom.